The van der Waals surface area contributed by atoms with Crippen molar-refractivity contribution < 1.29 is 17.6 Å². The molecule has 2 saturated heterocycles. The number of furan rings is 1. The molecule has 0 unspecified atom stereocenters. The lowest BCUT2D eigenvalue weighted by Crippen LogP contribution is -2.31. The van der Waals surface area contributed by atoms with Gasteiger partial charge in [0.2, 0.25) is 10.0 Å². The molecular weight excluding hydrogens is 354 g/mol. The number of rotatable bonds is 6. The van der Waals surface area contributed by atoms with Gasteiger partial charge in [-0.05, 0) is 44.2 Å². The first kappa shape index (κ1) is 17.8. The van der Waals surface area contributed by atoms with Gasteiger partial charge in [0, 0.05) is 38.6 Å². The minimum Gasteiger partial charge on any atom is -0.455 e. The fourth-order valence-electron chi connectivity index (χ4n) is 3.64. The van der Waals surface area contributed by atoms with E-state index in [4.69, 9.17) is 9.15 Å². The molecule has 1 atom stereocenters. The Hall–Kier alpha value is -1.64. The van der Waals surface area contributed by atoms with Crippen molar-refractivity contribution in [3.05, 3.63) is 30.3 Å². The number of imidazole rings is 1. The molecule has 0 aliphatic carbocycles. The zero-order valence-corrected chi connectivity index (χ0v) is 15.7. The molecule has 0 bridgehead atoms. The van der Waals surface area contributed by atoms with Gasteiger partial charge in [0.15, 0.2) is 11.6 Å². The zero-order valence-electron chi connectivity index (χ0n) is 14.8. The first-order valence-corrected chi connectivity index (χ1v) is 10.9. The van der Waals surface area contributed by atoms with Crippen LogP contribution in [0.4, 0.5) is 0 Å². The average molecular weight is 379 g/mol. The maximum atomic E-state index is 12.4. The molecule has 7 nitrogen and oxygen atoms in total. The van der Waals surface area contributed by atoms with Crippen molar-refractivity contribution in [2.24, 2.45) is 0 Å². The Morgan fingerprint density at radius 1 is 1.15 bits per heavy atom. The van der Waals surface area contributed by atoms with E-state index in [-0.39, 0.29) is 11.9 Å². The Labute approximate surface area is 154 Å². The van der Waals surface area contributed by atoms with Crippen LogP contribution in [0.25, 0.3) is 11.6 Å². The summed E-state index contributed by atoms with van der Waals surface area (Å²) < 4.78 is 40.1. The van der Waals surface area contributed by atoms with Gasteiger partial charge in [-0.2, -0.15) is 0 Å². The maximum absolute atomic E-state index is 12.4. The van der Waals surface area contributed by atoms with Crippen molar-refractivity contribution in [2.75, 3.05) is 25.4 Å². The molecule has 0 radical (unpaired) electrons. The van der Waals surface area contributed by atoms with E-state index >= 15 is 0 Å². The van der Waals surface area contributed by atoms with Crippen LogP contribution in [-0.2, 0) is 21.3 Å². The maximum Gasteiger partial charge on any atom is 0.215 e. The molecule has 0 aromatic carbocycles. The largest absolute Gasteiger partial charge is 0.455 e. The van der Waals surface area contributed by atoms with Crippen molar-refractivity contribution in [3.63, 3.8) is 0 Å². The fourth-order valence-corrected chi connectivity index (χ4v) is 5.14. The van der Waals surface area contributed by atoms with Crippen molar-refractivity contribution in [3.8, 4) is 11.6 Å². The number of hydrogen-bond acceptors (Lipinski definition) is 5. The predicted molar refractivity (Wildman–Crippen MR) is 97.1 cm³/mol. The van der Waals surface area contributed by atoms with E-state index in [9.17, 15) is 8.42 Å². The van der Waals surface area contributed by atoms with Crippen LogP contribution >= 0.6 is 0 Å². The fraction of sp³-hybridized carbons (Fsp3) is 0.611. The van der Waals surface area contributed by atoms with E-state index in [1.807, 2.05) is 16.7 Å². The second-order valence-electron chi connectivity index (χ2n) is 6.92. The minimum absolute atomic E-state index is 0.0106. The van der Waals surface area contributed by atoms with Gasteiger partial charge in [-0.1, -0.05) is 0 Å². The smallest absolute Gasteiger partial charge is 0.215 e. The van der Waals surface area contributed by atoms with Crippen LogP contribution in [0, 0.1) is 0 Å². The standard InChI is InChI=1S/C18H25N3O4S/c22-26(23,21-9-2-3-10-21)14-12-20-11-8-19-18(20)17-7-6-16(25-17)15-5-1-4-13-24-15/h6-8,11,15H,1-5,9-10,12-14H2/t15-/m1/s1. The summed E-state index contributed by atoms with van der Waals surface area (Å²) in [5.41, 5.74) is 0. The first-order valence-electron chi connectivity index (χ1n) is 9.34. The molecule has 2 fully saturated rings. The Balaban J connectivity index is 1.46. The van der Waals surface area contributed by atoms with E-state index in [0.717, 1.165) is 44.5 Å². The molecule has 2 aromatic heterocycles. The van der Waals surface area contributed by atoms with E-state index in [1.165, 1.54) is 0 Å². The van der Waals surface area contributed by atoms with Crippen LogP contribution in [0.15, 0.2) is 28.9 Å². The molecule has 4 rings (SSSR count). The van der Waals surface area contributed by atoms with E-state index < -0.39 is 10.0 Å². The Kier molecular flexibility index (Phi) is 5.15. The van der Waals surface area contributed by atoms with Crippen LogP contribution in [0.2, 0.25) is 0 Å². The molecule has 26 heavy (non-hydrogen) atoms. The molecule has 4 heterocycles. The summed E-state index contributed by atoms with van der Waals surface area (Å²) in [5, 5.41) is 0. The number of aryl methyl sites for hydroxylation is 1. The summed E-state index contributed by atoms with van der Waals surface area (Å²) in [4.78, 5) is 4.36. The monoisotopic (exact) mass is 379 g/mol. The van der Waals surface area contributed by atoms with Crippen LogP contribution in [0.1, 0.15) is 44.0 Å². The van der Waals surface area contributed by atoms with Gasteiger partial charge in [0.05, 0.1) is 5.75 Å². The first-order chi connectivity index (χ1) is 12.6. The highest BCUT2D eigenvalue weighted by molar-refractivity contribution is 7.89. The van der Waals surface area contributed by atoms with Crippen LogP contribution in [0.5, 0.6) is 0 Å². The number of hydrogen-bond donors (Lipinski definition) is 0. The summed E-state index contributed by atoms with van der Waals surface area (Å²) in [5.74, 6) is 2.20. The summed E-state index contributed by atoms with van der Waals surface area (Å²) in [6, 6.07) is 3.83. The second-order valence-corrected chi connectivity index (χ2v) is 9.01. The number of sulfonamides is 1. The van der Waals surface area contributed by atoms with E-state index in [1.54, 1.807) is 16.7 Å². The molecule has 2 aliphatic heterocycles. The average Bonchev–Trinajstić information content (AvgIpc) is 3.42. The van der Waals surface area contributed by atoms with E-state index in [2.05, 4.69) is 4.98 Å². The molecule has 0 spiro atoms. The third-order valence-electron chi connectivity index (χ3n) is 5.11. The summed E-state index contributed by atoms with van der Waals surface area (Å²) in [6.07, 6.45) is 8.60. The second kappa shape index (κ2) is 7.54. The zero-order chi connectivity index (χ0) is 18.0. The van der Waals surface area contributed by atoms with Gasteiger partial charge in [0.25, 0.3) is 0 Å². The van der Waals surface area contributed by atoms with Crippen LogP contribution in [-0.4, -0.2) is 47.7 Å². The minimum atomic E-state index is -3.21. The number of ether oxygens (including phenoxy) is 1. The molecule has 2 aliphatic rings. The molecule has 0 N–H and O–H groups in total. The lowest BCUT2D eigenvalue weighted by atomic mass is 10.1. The van der Waals surface area contributed by atoms with Crippen molar-refractivity contribution >= 4 is 10.0 Å². The third kappa shape index (κ3) is 3.72. The van der Waals surface area contributed by atoms with Crippen LogP contribution < -0.4 is 0 Å². The highest BCUT2D eigenvalue weighted by atomic mass is 32.2. The SMILES string of the molecule is O=S(=O)(CCn1ccnc1-c1ccc([C@H]2CCCCO2)o1)N1CCCC1. The van der Waals surface area contributed by atoms with Crippen molar-refractivity contribution in [1.29, 1.82) is 0 Å². The summed E-state index contributed by atoms with van der Waals surface area (Å²) in [6.45, 7) is 2.41. The summed E-state index contributed by atoms with van der Waals surface area (Å²) in [7, 11) is -3.21. The quantitative estimate of drug-likeness (QED) is 0.771. The van der Waals surface area contributed by atoms with E-state index in [0.29, 0.717) is 31.2 Å². The Morgan fingerprint density at radius 2 is 2.00 bits per heavy atom. The van der Waals surface area contributed by atoms with Gasteiger partial charge in [-0.15, -0.1) is 0 Å². The lowest BCUT2D eigenvalue weighted by Gasteiger charge is -2.20. The topological polar surface area (TPSA) is 77.6 Å². The van der Waals surface area contributed by atoms with Gasteiger partial charge >= 0.3 is 0 Å². The number of aromatic nitrogens is 2. The van der Waals surface area contributed by atoms with Gasteiger partial charge in [-0.25, -0.2) is 17.7 Å². The predicted octanol–water partition coefficient (Wildman–Crippen LogP) is 2.81. The molecular formula is C18H25N3O4S. The Morgan fingerprint density at radius 3 is 2.77 bits per heavy atom. The van der Waals surface area contributed by atoms with Gasteiger partial charge in [0.1, 0.15) is 11.9 Å². The lowest BCUT2D eigenvalue weighted by molar-refractivity contribution is 0.00218. The molecule has 142 valence electrons. The highest BCUT2D eigenvalue weighted by Gasteiger charge is 2.26. The molecule has 8 heteroatoms. The van der Waals surface area contributed by atoms with Gasteiger partial charge < -0.3 is 13.7 Å². The van der Waals surface area contributed by atoms with Gasteiger partial charge in [-0.3, -0.25) is 0 Å². The normalized spacial score (nSPS) is 22.1. The summed E-state index contributed by atoms with van der Waals surface area (Å²) >= 11 is 0. The molecule has 0 amide bonds. The third-order valence-corrected chi connectivity index (χ3v) is 6.96. The van der Waals surface area contributed by atoms with Crippen molar-refractivity contribution in [1.82, 2.24) is 13.9 Å². The molecule has 2 aromatic rings. The van der Waals surface area contributed by atoms with Crippen LogP contribution in [0.3, 0.4) is 0 Å². The molecule has 0 saturated carbocycles. The highest BCUT2D eigenvalue weighted by Crippen LogP contribution is 2.31. The number of nitrogens with zero attached hydrogens (tertiary/aromatic N) is 3. The Bertz CT molecular complexity index is 830. The van der Waals surface area contributed by atoms with Crippen molar-refractivity contribution in [2.45, 2.75) is 44.8 Å².